The van der Waals surface area contributed by atoms with Crippen molar-refractivity contribution in [1.29, 1.82) is 0 Å². The van der Waals surface area contributed by atoms with Gasteiger partial charge in [0.05, 0.1) is 0 Å². The number of fused-ring (bicyclic) bond motifs is 12. The average molecular weight is 1520 g/mol. The maximum Gasteiger partial charge on any atom is -0.00201 e. The fourth-order valence-corrected chi connectivity index (χ4v) is 19.3. The molecule has 0 heteroatoms. The summed E-state index contributed by atoms with van der Waals surface area (Å²) >= 11 is 0. The first kappa shape index (κ1) is 71.0. The summed E-state index contributed by atoms with van der Waals surface area (Å²) < 4.78 is 0. The Balaban J connectivity index is 0.000000108. The quantitative estimate of drug-likeness (QED) is 0.126. The summed E-state index contributed by atoms with van der Waals surface area (Å²) in [6.07, 6.45) is 0. The van der Waals surface area contributed by atoms with Gasteiger partial charge in [-0.2, -0.15) is 0 Å². The van der Waals surface area contributed by atoms with Crippen molar-refractivity contribution < 1.29 is 0 Å². The first-order valence-corrected chi connectivity index (χ1v) is 41.6. The third kappa shape index (κ3) is 12.7. The minimum absolute atomic E-state index is 1.24. The summed E-state index contributed by atoms with van der Waals surface area (Å²) in [5, 5.41) is 30.6. The smallest absolute Gasteiger partial charge is 0.00201 e. The standard InChI is InChI=1S/3C40H26/c1-2-13-29-25-32(24-23-27(29)11-1)40-37-20-7-5-18-35(37)39(36-19-6-8-21-38(36)40)31-16-9-15-30(26-31)34-22-10-14-28-12-3-4-17-33(28)34;1-2-12-31-26-32(25-20-27(31)10-1)40-37-17-7-5-15-35(37)39(36-16-6-8-18-38(36)40)30-23-21-29(22-24-30)34-19-9-13-28-11-3-4-14-33(28)34;1-2-14-29-26-30(25-24-27(29)12-1)39-35-19-7-9-21-37(35)40(38-22-10-8-20-36(38)39)34-18-6-5-17-33(34)32-23-11-15-28-13-3-4-16-31(28)32/h3*1-26H. The van der Waals surface area contributed by atoms with E-state index < -0.39 is 0 Å². The van der Waals surface area contributed by atoms with E-state index in [1.807, 2.05) is 0 Å². The van der Waals surface area contributed by atoms with Gasteiger partial charge in [0.25, 0.3) is 0 Å². The summed E-state index contributed by atoms with van der Waals surface area (Å²) in [5.74, 6) is 0. The Morgan fingerprint density at radius 1 is 0.0833 bits per heavy atom. The van der Waals surface area contributed by atoms with Gasteiger partial charge in [-0.3, -0.25) is 0 Å². The highest BCUT2D eigenvalue weighted by Crippen LogP contribution is 2.51. The van der Waals surface area contributed by atoms with E-state index in [-0.39, 0.29) is 0 Å². The Morgan fingerprint density at radius 3 is 0.650 bits per heavy atom. The highest BCUT2D eigenvalue weighted by molar-refractivity contribution is 6.26. The van der Waals surface area contributed by atoms with Crippen LogP contribution >= 0.6 is 0 Å². The molecule has 0 N–H and O–H groups in total. The molecule has 24 aromatic rings. The molecule has 0 atom stereocenters. The van der Waals surface area contributed by atoms with Gasteiger partial charge in [-0.1, -0.05) is 449 Å². The average Bonchev–Trinajstić information content (AvgIpc) is 0.733. The van der Waals surface area contributed by atoms with Gasteiger partial charge < -0.3 is 0 Å². The van der Waals surface area contributed by atoms with E-state index in [1.165, 1.54) is 229 Å². The predicted molar refractivity (Wildman–Crippen MR) is 518 cm³/mol. The lowest BCUT2D eigenvalue weighted by atomic mass is 9.83. The summed E-state index contributed by atoms with van der Waals surface area (Å²) in [6.45, 7) is 0. The van der Waals surface area contributed by atoms with E-state index in [9.17, 15) is 0 Å². The summed E-state index contributed by atoms with van der Waals surface area (Å²) in [7, 11) is 0. The molecule has 0 radical (unpaired) electrons. The summed E-state index contributed by atoms with van der Waals surface area (Å²) in [5.41, 5.74) is 22.8. The lowest BCUT2D eigenvalue weighted by molar-refractivity contribution is 1.63. The highest BCUT2D eigenvalue weighted by Gasteiger charge is 2.23. The van der Waals surface area contributed by atoms with Crippen LogP contribution in [0.25, 0.3) is 229 Å². The molecule has 0 aliphatic carbocycles. The van der Waals surface area contributed by atoms with Gasteiger partial charge in [0.2, 0.25) is 0 Å². The van der Waals surface area contributed by atoms with Crippen LogP contribution in [0.1, 0.15) is 0 Å². The molecule has 0 nitrogen and oxygen atoms in total. The van der Waals surface area contributed by atoms with Crippen molar-refractivity contribution >= 4 is 129 Å². The van der Waals surface area contributed by atoms with Gasteiger partial charge in [0, 0.05) is 0 Å². The van der Waals surface area contributed by atoms with E-state index in [2.05, 4.69) is 473 Å². The molecule has 0 heterocycles. The third-order valence-corrected chi connectivity index (χ3v) is 24.7. The predicted octanol–water partition coefficient (Wildman–Crippen LogP) is 33.9. The number of benzene rings is 24. The van der Waals surface area contributed by atoms with Gasteiger partial charge in [-0.25, -0.2) is 0 Å². The second kappa shape index (κ2) is 30.5. The molecule has 24 aromatic carbocycles. The van der Waals surface area contributed by atoms with Crippen LogP contribution in [0.5, 0.6) is 0 Å². The zero-order chi connectivity index (χ0) is 79.4. The van der Waals surface area contributed by atoms with Crippen molar-refractivity contribution in [1.82, 2.24) is 0 Å². The molecular weight excluding hydrogens is 1440 g/mol. The van der Waals surface area contributed by atoms with Crippen molar-refractivity contribution in [2.45, 2.75) is 0 Å². The summed E-state index contributed by atoms with van der Waals surface area (Å²) in [6, 6.07) is 173. The van der Waals surface area contributed by atoms with Crippen LogP contribution < -0.4 is 0 Å². The fraction of sp³-hybridized carbons (Fsp3) is 0. The fourth-order valence-electron chi connectivity index (χ4n) is 19.3. The first-order chi connectivity index (χ1) is 59.6. The molecule has 0 aromatic heterocycles. The van der Waals surface area contributed by atoms with Crippen LogP contribution in [0.15, 0.2) is 473 Å². The van der Waals surface area contributed by atoms with Gasteiger partial charge in [-0.05, 0) is 254 Å². The Bertz CT molecular complexity index is 7970. The van der Waals surface area contributed by atoms with Crippen molar-refractivity contribution in [3.05, 3.63) is 473 Å². The van der Waals surface area contributed by atoms with Crippen molar-refractivity contribution in [2.75, 3.05) is 0 Å². The first-order valence-electron chi connectivity index (χ1n) is 41.6. The van der Waals surface area contributed by atoms with Crippen LogP contribution in [0, 0.1) is 0 Å². The molecule has 0 spiro atoms. The van der Waals surface area contributed by atoms with Gasteiger partial charge in [-0.15, -0.1) is 0 Å². The second-order valence-corrected chi connectivity index (χ2v) is 31.5. The van der Waals surface area contributed by atoms with E-state index in [1.54, 1.807) is 0 Å². The minimum Gasteiger partial charge on any atom is -0.0616 e. The molecule has 0 saturated heterocycles. The number of hydrogen-bond acceptors (Lipinski definition) is 0. The Kier molecular flexibility index (Phi) is 18.1. The zero-order valence-corrected chi connectivity index (χ0v) is 66.0. The Hall–Kier alpha value is -15.6. The highest BCUT2D eigenvalue weighted by atomic mass is 14.3. The molecule has 0 bridgehead atoms. The van der Waals surface area contributed by atoms with Gasteiger partial charge in [0.1, 0.15) is 0 Å². The second-order valence-electron chi connectivity index (χ2n) is 31.5. The van der Waals surface area contributed by atoms with Crippen molar-refractivity contribution in [2.24, 2.45) is 0 Å². The van der Waals surface area contributed by atoms with E-state index in [0.717, 1.165) is 0 Å². The SMILES string of the molecule is c1cc(-c2cccc3ccccc23)cc(-c2c3ccccc3c(-c3ccc4ccccc4c3)c3ccccc23)c1.c1ccc(-c2c3ccccc3c(-c3ccc4ccccc4c3)c3ccccc23)c(-c2cccc3ccccc23)c1.c1ccc2cc(-c3c4ccccc4c(-c4ccc(-c5cccc6ccccc56)cc4)c4ccccc34)ccc2c1. The maximum atomic E-state index is 2.37. The molecular formula is C120H78. The molecule has 0 aliphatic rings. The van der Waals surface area contributed by atoms with E-state index in [0.29, 0.717) is 0 Å². The minimum atomic E-state index is 1.24. The topological polar surface area (TPSA) is 0 Å². The lowest BCUT2D eigenvalue weighted by Gasteiger charge is -2.20. The van der Waals surface area contributed by atoms with Crippen LogP contribution in [0.2, 0.25) is 0 Å². The molecule has 0 unspecified atom stereocenters. The largest absolute Gasteiger partial charge is 0.0616 e. The Morgan fingerprint density at radius 2 is 0.292 bits per heavy atom. The third-order valence-electron chi connectivity index (χ3n) is 24.7. The lowest BCUT2D eigenvalue weighted by Crippen LogP contribution is -1.93. The van der Waals surface area contributed by atoms with Crippen LogP contribution in [0.3, 0.4) is 0 Å². The molecule has 558 valence electrons. The summed E-state index contributed by atoms with van der Waals surface area (Å²) in [4.78, 5) is 0. The number of hydrogen-bond donors (Lipinski definition) is 0. The molecule has 0 fully saturated rings. The molecule has 0 amide bonds. The maximum absolute atomic E-state index is 2.37. The van der Waals surface area contributed by atoms with Crippen LogP contribution in [0.4, 0.5) is 0 Å². The van der Waals surface area contributed by atoms with Crippen LogP contribution in [-0.2, 0) is 0 Å². The van der Waals surface area contributed by atoms with E-state index >= 15 is 0 Å². The molecule has 120 heavy (non-hydrogen) atoms. The van der Waals surface area contributed by atoms with Crippen LogP contribution in [-0.4, -0.2) is 0 Å². The zero-order valence-electron chi connectivity index (χ0n) is 66.0. The molecule has 24 rings (SSSR count). The normalized spacial score (nSPS) is 11.5. The van der Waals surface area contributed by atoms with Crippen molar-refractivity contribution in [3.63, 3.8) is 0 Å². The van der Waals surface area contributed by atoms with Gasteiger partial charge in [0.15, 0.2) is 0 Å². The Labute approximate surface area is 697 Å². The molecule has 0 aliphatic heterocycles. The van der Waals surface area contributed by atoms with Crippen molar-refractivity contribution in [3.8, 4) is 100 Å². The van der Waals surface area contributed by atoms with Gasteiger partial charge >= 0.3 is 0 Å². The molecule has 0 saturated carbocycles. The monoisotopic (exact) mass is 1520 g/mol. The number of rotatable bonds is 9. The van der Waals surface area contributed by atoms with E-state index in [4.69, 9.17) is 0 Å².